The number of aryl methyl sites for hydroxylation is 2. The Morgan fingerprint density at radius 3 is 2.55 bits per heavy atom. The van der Waals surface area contributed by atoms with Gasteiger partial charge in [0.15, 0.2) is 5.78 Å². The minimum absolute atomic E-state index is 0.0255. The van der Waals surface area contributed by atoms with Crippen molar-refractivity contribution in [1.82, 2.24) is 0 Å². The number of Topliss-reactive ketones (excluding diaryl/α,β-unsaturated/α-hetero) is 1. The Balaban J connectivity index is 1.76. The second kappa shape index (κ2) is 10.1. The number of ether oxygens (including phenoxy) is 1. The van der Waals surface area contributed by atoms with E-state index in [1.165, 1.54) is 16.9 Å². The molecule has 7 heteroatoms. The van der Waals surface area contributed by atoms with Crippen LogP contribution < -0.4 is 4.90 Å². The van der Waals surface area contributed by atoms with Crippen LogP contribution in [0.2, 0.25) is 0 Å². The van der Waals surface area contributed by atoms with Gasteiger partial charge in [-0.1, -0.05) is 45.0 Å². The van der Waals surface area contributed by atoms with E-state index in [9.17, 15) is 20.3 Å². The number of nitriles is 1. The van der Waals surface area contributed by atoms with Crippen LogP contribution in [-0.2, 0) is 28.8 Å². The lowest BCUT2D eigenvalue weighted by Crippen LogP contribution is -2.48. The molecule has 0 saturated heterocycles. The molecule has 2 aromatic rings. The summed E-state index contributed by atoms with van der Waals surface area (Å²) in [5.74, 6) is -1.58. The maximum atomic E-state index is 13.9. The van der Waals surface area contributed by atoms with Crippen LogP contribution in [0.4, 0.5) is 5.00 Å². The van der Waals surface area contributed by atoms with E-state index in [0.29, 0.717) is 29.0 Å². The Morgan fingerprint density at radius 1 is 1.18 bits per heavy atom. The van der Waals surface area contributed by atoms with Gasteiger partial charge >= 0.3 is 5.97 Å². The zero-order chi connectivity index (χ0) is 27.2. The Hall–Kier alpha value is -3.24. The van der Waals surface area contributed by atoms with E-state index in [4.69, 9.17) is 4.74 Å². The topological polar surface area (TPSA) is 94.2 Å². The van der Waals surface area contributed by atoms with Crippen molar-refractivity contribution in [2.75, 3.05) is 11.5 Å². The second-order valence-electron chi connectivity index (χ2n) is 11.3. The molecule has 0 spiro atoms. The Kier molecular flexibility index (Phi) is 7.04. The number of ketones is 1. The van der Waals surface area contributed by atoms with Crippen LogP contribution in [0.1, 0.15) is 91.2 Å². The average Bonchev–Trinajstić information content (AvgIpc) is 3.26. The number of allylic oxidation sites excluding steroid dienone is 2. The number of hydrogen-bond acceptors (Lipinski definition) is 6. The number of fused-ring (bicyclic) bond motifs is 1. The minimum Gasteiger partial charge on any atom is -0.462 e. The number of benzene rings is 1. The van der Waals surface area contributed by atoms with Gasteiger partial charge in [0.25, 0.3) is 0 Å². The predicted molar refractivity (Wildman–Crippen MR) is 150 cm³/mol. The molecule has 5 rings (SSSR count). The molecule has 2 aliphatic carbocycles. The molecular weight excluding hydrogens is 494 g/mol. The molecule has 3 aliphatic rings. The highest BCUT2D eigenvalue weighted by Crippen LogP contribution is 2.52. The molecule has 1 N–H and O–H groups in total. The van der Waals surface area contributed by atoms with Crippen molar-refractivity contribution in [3.8, 4) is 6.07 Å². The van der Waals surface area contributed by atoms with E-state index < -0.39 is 11.8 Å². The molecule has 6 nitrogen and oxygen atoms in total. The number of rotatable bonds is 5. The van der Waals surface area contributed by atoms with E-state index in [1.54, 1.807) is 11.8 Å². The van der Waals surface area contributed by atoms with Gasteiger partial charge in [0.05, 0.1) is 18.2 Å². The molecule has 0 saturated carbocycles. The molecule has 0 bridgehead atoms. The second-order valence-corrected chi connectivity index (χ2v) is 12.4. The highest BCUT2D eigenvalue weighted by atomic mass is 32.1. The van der Waals surface area contributed by atoms with Crippen molar-refractivity contribution in [2.45, 2.75) is 78.6 Å². The van der Waals surface area contributed by atoms with Gasteiger partial charge in [0, 0.05) is 28.5 Å². The molecule has 2 unspecified atom stereocenters. The third kappa shape index (κ3) is 4.39. The molecule has 1 aliphatic heterocycles. The molecule has 0 fully saturated rings. The van der Waals surface area contributed by atoms with Crippen LogP contribution in [0.25, 0.3) is 0 Å². The largest absolute Gasteiger partial charge is 0.462 e. The van der Waals surface area contributed by atoms with E-state index >= 15 is 0 Å². The third-order valence-corrected chi connectivity index (χ3v) is 9.34. The average molecular weight is 530 g/mol. The summed E-state index contributed by atoms with van der Waals surface area (Å²) in [4.78, 5) is 30.1. The highest BCUT2D eigenvalue weighted by Gasteiger charge is 2.49. The number of thiophene rings is 1. The molecule has 2 heterocycles. The molecule has 38 heavy (non-hydrogen) atoms. The predicted octanol–water partition coefficient (Wildman–Crippen LogP) is 6.73. The van der Waals surface area contributed by atoms with Crippen LogP contribution in [0.3, 0.4) is 0 Å². The summed E-state index contributed by atoms with van der Waals surface area (Å²) in [5.41, 5.74) is 4.68. The lowest BCUT2D eigenvalue weighted by molar-refractivity contribution is -0.118. The Morgan fingerprint density at radius 2 is 1.89 bits per heavy atom. The van der Waals surface area contributed by atoms with Crippen LogP contribution in [-0.4, -0.2) is 24.2 Å². The highest BCUT2D eigenvalue weighted by molar-refractivity contribution is 7.17. The summed E-state index contributed by atoms with van der Waals surface area (Å²) >= 11 is 1.53. The van der Waals surface area contributed by atoms with Gasteiger partial charge < -0.3 is 4.74 Å². The lowest BCUT2D eigenvalue weighted by atomic mass is 9.66. The van der Waals surface area contributed by atoms with Crippen molar-refractivity contribution in [1.29, 1.82) is 10.7 Å². The molecule has 198 valence electrons. The van der Waals surface area contributed by atoms with E-state index in [0.717, 1.165) is 53.8 Å². The number of esters is 1. The number of carbonyl (C=O) groups is 2. The smallest absolute Gasteiger partial charge is 0.341 e. The summed E-state index contributed by atoms with van der Waals surface area (Å²) in [7, 11) is 0. The first-order chi connectivity index (χ1) is 18.2. The third-order valence-electron chi connectivity index (χ3n) is 8.07. The number of anilines is 1. The minimum atomic E-state index is -0.847. The zero-order valence-corrected chi connectivity index (χ0v) is 23.5. The van der Waals surface area contributed by atoms with Gasteiger partial charge in [-0.25, -0.2) is 4.79 Å². The molecule has 1 aromatic carbocycles. The van der Waals surface area contributed by atoms with Crippen molar-refractivity contribution >= 4 is 33.9 Å². The number of nitrogens with one attached hydrogen (secondary N) is 1. The van der Waals surface area contributed by atoms with E-state index in [1.807, 2.05) is 24.3 Å². The quantitative estimate of drug-likeness (QED) is 0.433. The molecule has 1 aromatic heterocycles. The van der Waals surface area contributed by atoms with Gasteiger partial charge in [-0.05, 0) is 67.6 Å². The summed E-state index contributed by atoms with van der Waals surface area (Å²) in [6.45, 7) is 8.29. The number of hydrogen-bond donors (Lipinski definition) is 1. The number of carbonyl (C=O) groups excluding carboxylic acids is 2. The SMILES string of the molecule is CCOC(=O)c1c(N2C(=N)C(C#N)C(c3ccc(CC)cc3)C3=C2CC(C)(C)CC3=O)sc2c1CCCC2. The lowest BCUT2D eigenvalue weighted by Gasteiger charge is -2.45. The zero-order valence-electron chi connectivity index (χ0n) is 22.6. The fourth-order valence-electron chi connectivity index (χ4n) is 6.27. The summed E-state index contributed by atoms with van der Waals surface area (Å²) in [5, 5.41) is 20.4. The van der Waals surface area contributed by atoms with Gasteiger partial charge in [0.1, 0.15) is 16.8 Å². The van der Waals surface area contributed by atoms with Crippen LogP contribution in [0, 0.1) is 28.1 Å². The van der Waals surface area contributed by atoms with Crippen LogP contribution in [0.5, 0.6) is 0 Å². The van der Waals surface area contributed by atoms with Gasteiger partial charge in [0.2, 0.25) is 0 Å². The van der Waals surface area contributed by atoms with Gasteiger partial charge in [-0.2, -0.15) is 5.26 Å². The molecule has 0 radical (unpaired) electrons. The Bertz CT molecular complexity index is 1380. The first kappa shape index (κ1) is 26.4. The molecule has 0 amide bonds. The van der Waals surface area contributed by atoms with Gasteiger partial charge in [-0.3, -0.25) is 15.1 Å². The fourth-order valence-corrected chi connectivity index (χ4v) is 7.69. The maximum absolute atomic E-state index is 13.9. The summed E-state index contributed by atoms with van der Waals surface area (Å²) in [6.07, 6.45) is 5.62. The van der Waals surface area contributed by atoms with Crippen molar-refractivity contribution in [2.24, 2.45) is 11.3 Å². The normalized spacial score (nSPS) is 22.6. The summed E-state index contributed by atoms with van der Waals surface area (Å²) in [6, 6.07) is 10.5. The molecular formula is C31H35N3O3S. The van der Waals surface area contributed by atoms with Crippen molar-refractivity contribution in [3.63, 3.8) is 0 Å². The molecule has 2 atom stereocenters. The summed E-state index contributed by atoms with van der Waals surface area (Å²) < 4.78 is 5.51. The maximum Gasteiger partial charge on any atom is 0.341 e. The van der Waals surface area contributed by atoms with Gasteiger partial charge in [-0.15, -0.1) is 11.3 Å². The van der Waals surface area contributed by atoms with Crippen LogP contribution >= 0.6 is 11.3 Å². The monoisotopic (exact) mass is 529 g/mol. The van der Waals surface area contributed by atoms with E-state index in [2.05, 4.69) is 26.8 Å². The van der Waals surface area contributed by atoms with E-state index in [-0.39, 0.29) is 29.6 Å². The van der Waals surface area contributed by atoms with Crippen LogP contribution in [0.15, 0.2) is 35.5 Å². The first-order valence-electron chi connectivity index (χ1n) is 13.7. The number of nitrogens with zero attached hydrogens (tertiary/aromatic N) is 2. The Labute approximate surface area is 228 Å². The fraction of sp³-hybridized carbons (Fsp3) is 0.484. The standard InChI is InChI=1S/C31H35N3O3S/c1-5-18-11-13-19(14-12-18)25-21(17-32)28(33)34(22-15-31(3,4)16-23(35)27(22)25)29-26(30(36)37-6-2)20-9-7-8-10-24(20)38-29/h11-14,21,25,33H,5-10,15-16H2,1-4H3. The van der Waals surface area contributed by atoms with Crippen molar-refractivity contribution in [3.05, 3.63) is 62.7 Å². The number of amidine groups is 1. The van der Waals surface area contributed by atoms with Crippen molar-refractivity contribution < 1.29 is 14.3 Å². The first-order valence-corrected chi connectivity index (χ1v) is 14.5.